The molecule has 2 aromatic carbocycles. The van der Waals surface area contributed by atoms with Gasteiger partial charge in [-0.2, -0.15) is 0 Å². The normalized spacial score (nSPS) is 20.8. The van der Waals surface area contributed by atoms with Crippen molar-refractivity contribution < 1.29 is 34.4 Å². The van der Waals surface area contributed by atoms with Gasteiger partial charge in [-0.1, -0.05) is 12.1 Å². The van der Waals surface area contributed by atoms with Crippen LogP contribution in [0, 0.1) is 6.92 Å². The minimum absolute atomic E-state index is 0.0228. The Balaban J connectivity index is 1.93. The molecule has 2 aliphatic rings. The number of fused-ring (bicyclic) bond motifs is 3. The van der Waals surface area contributed by atoms with Crippen LogP contribution in [0.1, 0.15) is 42.3 Å². The fourth-order valence-corrected chi connectivity index (χ4v) is 4.21. The van der Waals surface area contributed by atoms with Gasteiger partial charge in [0.1, 0.15) is 39.7 Å². The summed E-state index contributed by atoms with van der Waals surface area (Å²) in [5.74, 6) is -2.85. The van der Waals surface area contributed by atoms with E-state index in [9.17, 15) is 29.7 Å². The highest BCUT2D eigenvalue weighted by Gasteiger charge is 2.56. The number of rotatable bonds is 3. The molecule has 0 spiro atoms. The van der Waals surface area contributed by atoms with Gasteiger partial charge in [-0.25, -0.2) is 0 Å². The third kappa shape index (κ3) is 2.72. The zero-order chi connectivity index (χ0) is 23.5. The number of phenolic OH excluding ortho intramolecular Hbond substituents is 3. The van der Waals surface area contributed by atoms with Crippen LogP contribution in [0.4, 0.5) is 5.69 Å². The van der Waals surface area contributed by atoms with E-state index >= 15 is 0 Å². The van der Waals surface area contributed by atoms with Crippen molar-refractivity contribution in [3.05, 3.63) is 64.1 Å². The highest BCUT2D eigenvalue weighted by atomic mass is 16.5. The van der Waals surface area contributed by atoms with Crippen molar-refractivity contribution in [2.75, 3.05) is 5.32 Å². The molecule has 0 amide bonds. The second kappa shape index (κ2) is 6.98. The van der Waals surface area contributed by atoms with Crippen LogP contribution in [0.3, 0.4) is 0 Å². The number of ether oxygens (including phenoxy) is 1. The largest absolute Gasteiger partial charge is 0.507 e. The number of Topliss-reactive ketones (excluding diaryl/α,β-unsaturated/α-hetero) is 2. The van der Waals surface area contributed by atoms with E-state index in [0.717, 1.165) is 6.08 Å². The molecule has 1 aliphatic carbocycles. The van der Waals surface area contributed by atoms with Gasteiger partial charge in [-0.15, -0.1) is 0 Å². The Bertz CT molecular complexity index is 1300. The number of nitrogens with one attached hydrogen (secondary N) is 1. The van der Waals surface area contributed by atoms with Crippen LogP contribution in [-0.2, 0) is 15.0 Å². The van der Waals surface area contributed by atoms with E-state index in [1.807, 2.05) is 0 Å². The molecular weight excluding hydrogens is 414 g/mol. The summed E-state index contributed by atoms with van der Waals surface area (Å²) in [5, 5.41) is 34.1. The average Bonchev–Trinajstić information content (AvgIpc) is 3.01. The summed E-state index contributed by atoms with van der Waals surface area (Å²) < 4.78 is 5.72. The third-order valence-corrected chi connectivity index (χ3v) is 5.99. The van der Waals surface area contributed by atoms with Crippen molar-refractivity contribution in [1.29, 1.82) is 0 Å². The third-order valence-electron chi connectivity index (χ3n) is 5.99. The van der Waals surface area contributed by atoms with Crippen LogP contribution in [0.2, 0.25) is 0 Å². The average molecular weight is 435 g/mol. The summed E-state index contributed by atoms with van der Waals surface area (Å²) in [6.07, 6.45) is 1.14. The Kier molecular flexibility index (Phi) is 4.62. The molecule has 164 valence electrons. The van der Waals surface area contributed by atoms with Gasteiger partial charge in [0.2, 0.25) is 0 Å². The Morgan fingerprint density at radius 1 is 1.06 bits per heavy atom. The number of anilines is 1. The lowest BCUT2D eigenvalue weighted by Crippen LogP contribution is -2.40. The van der Waals surface area contributed by atoms with Crippen LogP contribution in [-0.4, -0.2) is 32.7 Å². The number of ketones is 3. The molecule has 0 saturated heterocycles. The van der Waals surface area contributed by atoms with Gasteiger partial charge in [0.15, 0.2) is 17.3 Å². The zero-order valence-corrected chi connectivity index (χ0v) is 17.9. The van der Waals surface area contributed by atoms with E-state index in [1.165, 1.54) is 33.8 Å². The first-order chi connectivity index (χ1) is 15.0. The topological polar surface area (TPSA) is 133 Å². The second-order valence-corrected chi connectivity index (χ2v) is 8.03. The number of phenols is 3. The predicted octanol–water partition coefficient (Wildman–Crippen LogP) is 3.39. The monoisotopic (exact) mass is 435 g/mol. The van der Waals surface area contributed by atoms with Crippen molar-refractivity contribution in [2.24, 2.45) is 0 Å². The molecule has 8 heteroatoms. The molecule has 2 aromatic rings. The summed E-state index contributed by atoms with van der Waals surface area (Å²) in [6, 6.07) is 6.37. The first-order valence-corrected chi connectivity index (χ1v) is 9.85. The summed E-state index contributed by atoms with van der Waals surface area (Å²) in [7, 11) is 0. The first-order valence-electron chi connectivity index (χ1n) is 9.85. The highest BCUT2D eigenvalue weighted by molar-refractivity contribution is 6.31. The van der Waals surface area contributed by atoms with Crippen molar-refractivity contribution in [3.63, 3.8) is 0 Å². The number of carbonyl (C=O) groups is 3. The van der Waals surface area contributed by atoms with Crippen LogP contribution >= 0.6 is 0 Å². The van der Waals surface area contributed by atoms with Gasteiger partial charge in [0, 0.05) is 17.3 Å². The van der Waals surface area contributed by atoms with Gasteiger partial charge >= 0.3 is 0 Å². The van der Waals surface area contributed by atoms with Gasteiger partial charge in [0.05, 0.1) is 16.8 Å². The van der Waals surface area contributed by atoms with Crippen molar-refractivity contribution >= 4 is 23.0 Å². The standard InChI is InChI=1S/C24H21NO7/c1-10-20(29)18(12(3)26)22-19(21(10)30)24(4)16(32-22)9-15(28)17(23(24)31)11(2)25-13-7-5-6-8-14(13)27/h5-9,25,27,29-30H,1-4H3/t24-/m0/s1. The quantitative estimate of drug-likeness (QED) is 0.250. The van der Waals surface area contributed by atoms with E-state index in [1.54, 1.807) is 18.2 Å². The maximum absolute atomic E-state index is 13.7. The molecule has 0 saturated carbocycles. The van der Waals surface area contributed by atoms with Gasteiger partial charge in [0.25, 0.3) is 0 Å². The zero-order valence-electron chi connectivity index (χ0n) is 17.9. The minimum Gasteiger partial charge on any atom is -0.507 e. The molecule has 0 unspecified atom stereocenters. The Hall–Kier alpha value is -4.07. The number of carbonyl (C=O) groups excluding carboxylic acids is 3. The van der Waals surface area contributed by atoms with E-state index < -0.39 is 28.5 Å². The number of para-hydroxylation sites is 2. The van der Waals surface area contributed by atoms with Gasteiger partial charge in [-0.05, 0) is 39.8 Å². The fraction of sp³-hybridized carbons (Fsp3) is 0.208. The number of hydrogen-bond donors (Lipinski definition) is 4. The smallest absolute Gasteiger partial charge is 0.194 e. The lowest BCUT2D eigenvalue weighted by molar-refractivity contribution is -0.123. The molecule has 8 nitrogen and oxygen atoms in total. The van der Waals surface area contributed by atoms with E-state index in [0.29, 0.717) is 5.69 Å². The molecule has 1 aliphatic heterocycles. The number of benzene rings is 2. The lowest BCUT2D eigenvalue weighted by Gasteiger charge is -2.29. The van der Waals surface area contributed by atoms with Crippen molar-refractivity contribution in [3.8, 4) is 23.0 Å². The Morgan fingerprint density at radius 2 is 1.72 bits per heavy atom. The second-order valence-electron chi connectivity index (χ2n) is 8.03. The molecule has 1 heterocycles. The van der Waals surface area contributed by atoms with Gasteiger partial charge in [-0.3, -0.25) is 14.4 Å². The maximum Gasteiger partial charge on any atom is 0.194 e. The van der Waals surface area contributed by atoms with Gasteiger partial charge < -0.3 is 25.4 Å². The predicted molar refractivity (Wildman–Crippen MR) is 115 cm³/mol. The summed E-state index contributed by atoms with van der Waals surface area (Å²) in [5.41, 5.74) is -1.37. The van der Waals surface area contributed by atoms with Crippen LogP contribution in [0.5, 0.6) is 23.0 Å². The SMILES string of the molecule is CC(=O)c1c(O)c(C)c(O)c2c1OC1=CC(=O)C(=C(C)Nc3ccccc3O)C(=O)[C@@]12C. The molecule has 0 radical (unpaired) electrons. The van der Waals surface area contributed by atoms with Crippen LogP contribution in [0.25, 0.3) is 0 Å². The van der Waals surface area contributed by atoms with E-state index in [2.05, 4.69) is 5.32 Å². The Morgan fingerprint density at radius 3 is 2.34 bits per heavy atom. The lowest BCUT2D eigenvalue weighted by atomic mass is 9.70. The molecule has 0 bridgehead atoms. The first kappa shape index (κ1) is 21.2. The number of aromatic hydroxyl groups is 3. The molecule has 0 fully saturated rings. The molecule has 4 rings (SSSR count). The number of hydrogen-bond acceptors (Lipinski definition) is 8. The maximum atomic E-state index is 13.7. The highest BCUT2D eigenvalue weighted by Crippen LogP contribution is 2.57. The molecule has 32 heavy (non-hydrogen) atoms. The van der Waals surface area contributed by atoms with Crippen molar-refractivity contribution in [1.82, 2.24) is 0 Å². The Labute approximate surface area is 183 Å². The molecule has 4 N–H and O–H groups in total. The fourth-order valence-electron chi connectivity index (χ4n) is 4.21. The molecule has 0 aromatic heterocycles. The van der Waals surface area contributed by atoms with E-state index in [-0.39, 0.29) is 51.0 Å². The number of allylic oxidation sites excluding steroid dienone is 4. The summed E-state index contributed by atoms with van der Waals surface area (Å²) in [6.45, 7) is 5.67. The minimum atomic E-state index is -1.59. The summed E-state index contributed by atoms with van der Waals surface area (Å²) in [4.78, 5) is 38.8. The van der Waals surface area contributed by atoms with Crippen molar-refractivity contribution in [2.45, 2.75) is 33.1 Å². The molecular formula is C24H21NO7. The van der Waals surface area contributed by atoms with Crippen LogP contribution < -0.4 is 10.1 Å². The van der Waals surface area contributed by atoms with E-state index in [4.69, 9.17) is 4.74 Å². The summed E-state index contributed by atoms with van der Waals surface area (Å²) >= 11 is 0. The molecule has 1 atom stereocenters. The van der Waals surface area contributed by atoms with Crippen LogP contribution in [0.15, 0.2) is 47.4 Å².